The summed E-state index contributed by atoms with van der Waals surface area (Å²) in [5.41, 5.74) is 2.87. The highest BCUT2D eigenvalue weighted by molar-refractivity contribution is 5.74. The molecule has 1 amide bonds. The van der Waals surface area contributed by atoms with Crippen LogP contribution in [-0.2, 0) is 4.79 Å². The van der Waals surface area contributed by atoms with Gasteiger partial charge in [0.1, 0.15) is 0 Å². The fraction of sp³-hybridized carbons (Fsp3) is 0.667. The lowest BCUT2D eigenvalue weighted by atomic mass is 10.5. The van der Waals surface area contributed by atoms with E-state index in [1.54, 1.807) is 6.92 Å². The zero-order valence-corrected chi connectivity index (χ0v) is 3.64. The number of hydrogen-bond donors (Lipinski definition) is 1. The summed E-state index contributed by atoms with van der Waals surface area (Å²) in [5, 5.41) is 0. The van der Waals surface area contributed by atoms with Crippen molar-refractivity contribution in [2.24, 2.45) is 5.84 Å². The molecule has 0 spiro atoms. The molecule has 0 rings (SSSR count). The third kappa shape index (κ3) is 1.72. The molecule has 0 heterocycles. The average molecular weight is 87.1 g/mol. The third-order valence-electron chi connectivity index (χ3n) is 0.446. The number of carbonyl (C=O) groups is 1. The Bertz CT molecular complexity index is 46.8. The van der Waals surface area contributed by atoms with Gasteiger partial charge in [-0.05, 0) is 0 Å². The van der Waals surface area contributed by atoms with Gasteiger partial charge in [0, 0.05) is 6.42 Å². The summed E-state index contributed by atoms with van der Waals surface area (Å²) >= 11 is 0. The Kier molecular flexibility index (Phi) is 2.40. The van der Waals surface area contributed by atoms with E-state index in [9.17, 15) is 4.79 Å². The van der Waals surface area contributed by atoms with Crippen molar-refractivity contribution >= 4 is 5.91 Å². The Labute approximate surface area is 36.5 Å². The zero-order valence-electron chi connectivity index (χ0n) is 3.64. The van der Waals surface area contributed by atoms with Crippen molar-refractivity contribution in [3.8, 4) is 0 Å². The van der Waals surface area contributed by atoms with Gasteiger partial charge in [-0.15, -0.1) is 0 Å². The van der Waals surface area contributed by atoms with E-state index in [4.69, 9.17) is 0 Å². The maximum atomic E-state index is 9.89. The second-order valence-electron chi connectivity index (χ2n) is 0.876. The smallest absolute Gasteiger partial charge is 0.256 e. The summed E-state index contributed by atoms with van der Waals surface area (Å²) in [6.07, 6.45) is 0.399. The van der Waals surface area contributed by atoms with E-state index in [2.05, 4.69) is 11.3 Å². The van der Waals surface area contributed by atoms with Gasteiger partial charge in [-0.25, -0.2) is 5.84 Å². The van der Waals surface area contributed by atoms with Crippen LogP contribution in [0.25, 0.3) is 0 Å². The molecule has 3 heteroatoms. The topological polar surface area (TPSA) is 57.2 Å². The first-order valence-corrected chi connectivity index (χ1v) is 1.75. The van der Waals surface area contributed by atoms with Gasteiger partial charge in [-0.3, -0.25) is 4.79 Å². The van der Waals surface area contributed by atoms with E-state index in [1.807, 2.05) is 0 Å². The maximum Gasteiger partial charge on any atom is 0.256 e. The summed E-state index contributed by atoms with van der Waals surface area (Å²) in [6.45, 7) is 1.71. The number of hydrogen-bond acceptors (Lipinski definition) is 2. The third-order valence-corrected chi connectivity index (χ3v) is 0.446. The molecule has 3 nitrogen and oxygen atoms in total. The Hall–Kier alpha value is -0.570. The molecule has 0 aliphatic heterocycles. The van der Waals surface area contributed by atoms with Gasteiger partial charge in [0.2, 0.25) is 0 Å². The molecule has 1 radical (unpaired) electrons. The van der Waals surface area contributed by atoms with Crippen LogP contribution < -0.4 is 11.3 Å². The molecule has 35 valence electrons. The van der Waals surface area contributed by atoms with Crippen LogP contribution in [0.15, 0.2) is 0 Å². The van der Waals surface area contributed by atoms with Crippen molar-refractivity contribution in [3.63, 3.8) is 0 Å². The number of carbonyl (C=O) groups excluding carboxylic acids is 1. The van der Waals surface area contributed by atoms with Crippen molar-refractivity contribution in [2.45, 2.75) is 13.3 Å². The zero-order chi connectivity index (χ0) is 4.99. The minimum absolute atomic E-state index is 0.255. The maximum absolute atomic E-state index is 9.89. The highest BCUT2D eigenvalue weighted by atomic mass is 16.2. The second-order valence-corrected chi connectivity index (χ2v) is 0.876. The Balaban J connectivity index is 2.99. The summed E-state index contributed by atoms with van der Waals surface area (Å²) < 4.78 is 0. The van der Waals surface area contributed by atoms with Crippen molar-refractivity contribution < 1.29 is 4.79 Å². The molecule has 0 bridgehead atoms. The first-order valence-electron chi connectivity index (χ1n) is 1.75. The van der Waals surface area contributed by atoms with Crippen LogP contribution in [0.1, 0.15) is 13.3 Å². The molecule has 0 aromatic heterocycles. The Morgan fingerprint density at radius 1 is 2.00 bits per heavy atom. The van der Waals surface area contributed by atoms with Gasteiger partial charge in [-0.2, -0.15) is 5.43 Å². The molecule has 6 heavy (non-hydrogen) atoms. The lowest BCUT2D eigenvalue weighted by molar-refractivity contribution is -0.121. The molecule has 0 saturated carbocycles. The van der Waals surface area contributed by atoms with Crippen LogP contribution in [0.2, 0.25) is 0 Å². The molecule has 0 fully saturated rings. The lowest BCUT2D eigenvalue weighted by Crippen LogP contribution is -2.20. The highest BCUT2D eigenvalue weighted by Gasteiger charge is 1.88. The normalized spacial score (nSPS) is 7.67. The van der Waals surface area contributed by atoms with Crippen LogP contribution in [-0.4, -0.2) is 5.91 Å². The molecule has 2 N–H and O–H groups in total. The van der Waals surface area contributed by atoms with Gasteiger partial charge in [0.15, 0.2) is 0 Å². The van der Waals surface area contributed by atoms with Crippen molar-refractivity contribution in [1.82, 2.24) is 5.43 Å². The standard InChI is InChI=1S/C3H7N2O/c1-2-3(6)5-4/h2,4H2,1H3. The van der Waals surface area contributed by atoms with E-state index in [1.165, 1.54) is 0 Å². The second kappa shape index (κ2) is 2.66. The summed E-state index contributed by atoms with van der Waals surface area (Å²) in [7, 11) is 0. The van der Waals surface area contributed by atoms with E-state index in [-0.39, 0.29) is 5.91 Å². The van der Waals surface area contributed by atoms with Crippen LogP contribution in [0, 0.1) is 0 Å². The fourth-order valence-electron chi connectivity index (χ4n) is 0.0913. The monoisotopic (exact) mass is 87.1 g/mol. The predicted octanol–water partition coefficient (Wildman–Crippen LogP) is -0.599. The van der Waals surface area contributed by atoms with Gasteiger partial charge in [-0.1, -0.05) is 6.92 Å². The van der Waals surface area contributed by atoms with E-state index in [0.29, 0.717) is 6.42 Å². The van der Waals surface area contributed by atoms with Gasteiger partial charge in [0.05, 0.1) is 0 Å². The van der Waals surface area contributed by atoms with Crippen LogP contribution in [0.3, 0.4) is 0 Å². The molecule has 0 saturated heterocycles. The van der Waals surface area contributed by atoms with Gasteiger partial charge in [0.25, 0.3) is 5.91 Å². The molecule has 0 aromatic rings. The molecular formula is C3H7N2O. The lowest BCUT2D eigenvalue weighted by Gasteiger charge is -1.82. The van der Waals surface area contributed by atoms with Gasteiger partial charge >= 0.3 is 0 Å². The number of rotatable bonds is 1. The Morgan fingerprint density at radius 3 is 2.50 bits per heavy atom. The van der Waals surface area contributed by atoms with Gasteiger partial charge < -0.3 is 0 Å². The molecule has 0 aliphatic carbocycles. The van der Waals surface area contributed by atoms with E-state index >= 15 is 0 Å². The number of nitrogens with two attached hydrogens (primary N) is 1. The van der Waals surface area contributed by atoms with Crippen LogP contribution in [0.4, 0.5) is 0 Å². The van der Waals surface area contributed by atoms with Crippen molar-refractivity contribution in [1.29, 1.82) is 0 Å². The van der Waals surface area contributed by atoms with Crippen molar-refractivity contribution in [2.75, 3.05) is 0 Å². The van der Waals surface area contributed by atoms with Crippen LogP contribution >= 0.6 is 0 Å². The van der Waals surface area contributed by atoms with E-state index in [0.717, 1.165) is 0 Å². The van der Waals surface area contributed by atoms with Crippen LogP contribution in [0.5, 0.6) is 0 Å². The SMILES string of the molecule is CCC(=O)[N]N. The largest absolute Gasteiger partial charge is 0.271 e. The molecule has 0 unspecified atom stereocenters. The molecule has 0 aromatic carbocycles. The summed E-state index contributed by atoms with van der Waals surface area (Å²) in [4.78, 5) is 9.89. The van der Waals surface area contributed by atoms with Crippen molar-refractivity contribution in [3.05, 3.63) is 0 Å². The molecule has 0 aliphatic rings. The Morgan fingerprint density at radius 2 is 2.50 bits per heavy atom. The quantitative estimate of drug-likeness (QED) is 0.264. The average Bonchev–Trinajstić information content (AvgIpc) is 1.65. The summed E-state index contributed by atoms with van der Waals surface area (Å²) in [6, 6.07) is 0. The summed E-state index contributed by atoms with van der Waals surface area (Å²) in [5.74, 6) is 4.30. The molecule has 0 atom stereocenters. The fourth-order valence-corrected chi connectivity index (χ4v) is 0.0913. The highest BCUT2D eigenvalue weighted by Crippen LogP contribution is 1.68. The predicted molar refractivity (Wildman–Crippen MR) is 21.6 cm³/mol. The first-order chi connectivity index (χ1) is 2.81. The van der Waals surface area contributed by atoms with E-state index < -0.39 is 0 Å². The first kappa shape index (κ1) is 5.43. The number of nitrogens with zero attached hydrogens (tertiary/aromatic N) is 1. The molecular weight excluding hydrogens is 80.0 g/mol. The minimum Gasteiger partial charge on any atom is -0.271 e. The minimum atomic E-state index is -0.255. The number of amides is 1.